The van der Waals surface area contributed by atoms with Gasteiger partial charge in [0, 0.05) is 5.56 Å². The number of benzene rings is 1. The lowest BCUT2D eigenvalue weighted by atomic mass is 10.1. The summed E-state index contributed by atoms with van der Waals surface area (Å²) in [5.41, 5.74) is 0.194. The Morgan fingerprint density at radius 2 is 2.19 bits per heavy atom. The van der Waals surface area contributed by atoms with Crippen LogP contribution in [0.25, 0.3) is 0 Å². The Morgan fingerprint density at radius 3 is 2.81 bits per heavy atom. The van der Waals surface area contributed by atoms with E-state index in [1.807, 2.05) is 0 Å². The minimum Gasteiger partial charge on any atom is -0.307 e. The molecule has 1 heterocycles. The Bertz CT molecular complexity index is 470. The molecule has 2 aromatic rings. The third kappa shape index (κ3) is 1.92. The van der Waals surface area contributed by atoms with Crippen LogP contribution < -0.4 is 5.32 Å². The Kier molecular flexibility index (Phi) is 2.91. The van der Waals surface area contributed by atoms with Crippen molar-refractivity contribution in [1.29, 1.82) is 0 Å². The fraction of sp³-hybridized carbons (Fsp3) is 0.200. The van der Waals surface area contributed by atoms with Crippen molar-refractivity contribution in [3.63, 3.8) is 0 Å². The maximum Gasteiger partial charge on any atom is 0.146 e. The van der Waals surface area contributed by atoms with Crippen molar-refractivity contribution in [2.75, 3.05) is 7.05 Å². The molecule has 84 valence electrons. The maximum absolute atomic E-state index is 13.5. The van der Waals surface area contributed by atoms with Gasteiger partial charge in [-0.05, 0) is 25.2 Å². The zero-order valence-corrected chi connectivity index (χ0v) is 8.54. The van der Waals surface area contributed by atoms with Crippen molar-refractivity contribution in [1.82, 2.24) is 20.5 Å². The van der Waals surface area contributed by atoms with Gasteiger partial charge in [0.05, 0.1) is 6.04 Å². The number of aromatic amines is 1. The van der Waals surface area contributed by atoms with Crippen LogP contribution in [0.4, 0.5) is 8.78 Å². The summed E-state index contributed by atoms with van der Waals surface area (Å²) in [4.78, 5) is 3.92. The minimum atomic E-state index is -0.543. The van der Waals surface area contributed by atoms with Gasteiger partial charge in [-0.25, -0.2) is 13.8 Å². The van der Waals surface area contributed by atoms with Gasteiger partial charge < -0.3 is 5.32 Å². The fourth-order valence-corrected chi connectivity index (χ4v) is 1.53. The average Bonchev–Trinajstić information content (AvgIpc) is 2.78. The van der Waals surface area contributed by atoms with Gasteiger partial charge in [0.1, 0.15) is 23.8 Å². The molecule has 6 heteroatoms. The maximum atomic E-state index is 13.5. The standard InChI is InChI=1S/C10H10F2N4/c1-13-9(10-14-5-15-16-10)7-4-6(11)2-3-8(7)12/h2-5,9,13H,1H3,(H,14,15,16). The lowest BCUT2D eigenvalue weighted by molar-refractivity contribution is 0.548. The first-order valence-electron chi connectivity index (χ1n) is 4.70. The number of hydrogen-bond acceptors (Lipinski definition) is 3. The largest absolute Gasteiger partial charge is 0.307 e. The van der Waals surface area contributed by atoms with E-state index in [1.54, 1.807) is 7.05 Å². The Hall–Kier alpha value is -1.82. The number of nitrogens with zero attached hydrogens (tertiary/aromatic N) is 2. The molecule has 2 N–H and O–H groups in total. The first kappa shape index (κ1) is 10.7. The van der Waals surface area contributed by atoms with Crippen LogP contribution in [0.5, 0.6) is 0 Å². The van der Waals surface area contributed by atoms with Crippen molar-refractivity contribution in [3.8, 4) is 0 Å². The highest BCUT2D eigenvalue weighted by Crippen LogP contribution is 2.21. The molecule has 0 spiro atoms. The topological polar surface area (TPSA) is 53.6 Å². The zero-order chi connectivity index (χ0) is 11.5. The Labute approximate surface area is 90.7 Å². The molecule has 0 aliphatic heterocycles. The SMILES string of the molecule is CNC(c1ncn[nH]1)c1cc(F)ccc1F. The molecule has 1 atom stereocenters. The van der Waals surface area contributed by atoms with E-state index < -0.39 is 17.7 Å². The third-order valence-electron chi connectivity index (χ3n) is 2.26. The van der Waals surface area contributed by atoms with Crippen molar-refractivity contribution < 1.29 is 8.78 Å². The van der Waals surface area contributed by atoms with Crippen LogP contribution in [0.3, 0.4) is 0 Å². The third-order valence-corrected chi connectivity index (χ3v) is 2.26. The van der Waals surface area contributed by atoms with E-state index in [0.29, 0.717) is 5.82 Å². The van der Waals surface area contributed by atoms with E-state index in [4.69, 9.17) is 0 Å². The van der Waals surface area contributed by atoms with Crippen LogP contribution in [-0.2, 0) is 0 Å². The molecule has 0 saturated heterocycles. The molecule has 16 heavy (non-hydrogen) atoms. The highest BCUT2D eigenvalue weighted by atomic mass is 19.1. The highest BCUT2D eigenvalue weighted by Gasteiger charge is 2.19. The van der Waals surface area contributed by atoms with Gasteiger partial charge in [0.25, 0.3) is 0 Å². The number of aromatic nitrogens is 3. The lowest BCUT2D eigenvalue weighted by Gasteiger charge is -2.14. The molecule has 0 amide bonds. The average molecular weight is 224 g/mol. The molecule has 0 fully saturated rings. The van der Waals surface area contributed by atoms with E-state index >= 15 is 0 Å². The van der Waals surface area contributed by atoms with Crippen molar-refractivity contribution in [2.45, 2.75) is 6.04 Å². The van der Waals surface area contributed by atoms with E-state index in [-0.39, 0.29) is 5.56 Å². The first-order valence-corrected chi connectivity index (χ1v) is 4.70. The summed E-state index contributed by atoms with van der Waals surface area (Å²) in [5, 5.41) is 9.15. The molecule has 2 rings (SSSR count). The van der Waals surface area contributed by atoms with Crippen molar-refractivity contribution in [3.05, 3.63) is 47.5 Å². The Balaban J connectivity index is 2.44. The van der Waals surface area contributed by atoms with Crippen LogP contribution in [0.1, 0.15) is 17.4 Å². The summed E-state index contributed by atoms with van der Waals surface area (Å²) in [6.45, 7) is 0. The van der Waals surface area contributed by atoms with E-state index in [9.17, 15) is 8.78 Å². The van der Waals surface area contributed by atoms with Gasteiger partial charge >= 0.3 is 0 Å². The van der Waals surface area contributed by atoms with Gasteiger partial charge in [-0.2, -0.15) is 5.10 Å². The van der Waals surface area contributed by atoms with E-state index in [0.717, 1.165) is 18.2 Å². The predicted molar refractivity (Wildman–Crippen MR) is 53.6 cm³/mol. The summed E-state index contributed by atoms with van der Waals surface area (Å²) >= 11 is 0. The van der Waals surface area contributed by atoms with Gasteiger partial charge in [-0.1, -0.05) is 0 Å². The molecule has 4 nitrogen and oxygen atoms in total. The number of hydrogen-bond donors (Lipinski definition) is 2. The molecule has 1 unspecified atom stereocenters. The summed E-state index contributed by atoms with van der Waals surface area (Å²) in [6.07, 6.45) is 1.32. The second-order valence-corrected chi connectivity index (χ2v) is 3.26. The van der Waals surface area contributed by atoms with Gasteiger partial charge in [0.15, 0.2) is 0 Å². The molecule has 1 aromatic carbocycles. The summed E-state index contributed by atoms with van der Waals surface area (Å²) < 4.78 is 26.6. The number of halogens is 2. The monoisotopic (exact) mass is 224 g/mol. The Morgan fingerprint density at radius 1 is 1.38 bits per heavy atom. The lowest BCUT2D eigenvalue weighted by Crippen LogP contribution is -2.20. The van der Waals surface area contributed by atoms with E-state index in [1.165, 1.54) is 6.33 Å². The van der Waals surface area contributed by atoms with Crippen molar-refractivity contribution in [2.24, 2.45) is 0 Å². The molecule has 0 aliphatic carbocycles. The summed E-state index contributed by atoms with van der Waals surface area (Å²) in [7, 11) is 1.64. The molecule has 1 aromatic heterocycles. The van der Waals surface area contributed by atoms with E-state index in [2.05, 4.69) is 20.5 Å². The quantitative estimate of drug-likeness (QED) is 0.828. The van der Waals surface area contributed by atoms with Gasteiger partial charge in [-0.15, -0.1) is 0 Å². The van der Waals surface area contributed by atoms with Crippen LogP contribution in [-0.4, -0.2) is 22.2 Å². The van der Waals surface area contributed by atoms with Crippen LogP contribution in [0.2, 0.25) is 0 Å². The number of H-pyrrole nitrogens is 1. The van der Waals surface area contributed by atoms with Crippen LogP contribution >= 0.6 is 0 Å². The zero-order valence-electron chi connectivity index (χ0n) is 8.54. The molecule has 0 saturated carbocycles. The van der Waals surface area contributed by atoms with Crippen LogP contribution in [0.15, 0.2) is 24.5 Å². The molecular formula is C10H10F2N4. The highest BCUT2D eigenvalue weighted by molar-refractivity contribution is 5.26. The summed E-state index contributed by atoms with van der Waals surface area (Å²) in [6, 6.07) is 2.76. The minimum absolute atomic E-state index is 0.194. The van der Waals surface area contributed by atoms with Gasteiger partial charge in [0.2, 0.25) is 0 Å². The number of rotatable bonds is 3. The molecule has 0 radical (unpaired) electrons. The smallest absolute Gasteiger partial charge is 0.146 e. The van der Waals surface area contributed by atoms with Crippen LogP contribution in [0, 0.1) is 11.6 Å². The summed E-state index contributed by atoms with van der Waals surface area (Å²) in [5.74, 6) is -0.541. The molecule has 0 aliphatic rings. The normalized spacial score (nSPS) is 12.7. The number of nitrogens with one attached hydrogen (secondary N) is 2. The first-order chi connectivity index (χ1) is 7.72. The van der Waals surface area contributed by atoms with Crippen molar-refractivity contribution >= 4 is 0 Å². The second-order valence-electron chi connectivity index (χ2n) is 3.26. The predicted octanol–water partition coefficient (Wildman–Crippen LogP) is 1.39. The molecular weight excluding hydrogens is 214 g/mol. The fourth-order valence-electron chi connectivity index (χ4n) is 1.53. The van der Waals surface area contributed by atoms with Gasteiger partial charge in [-0.3, -0.25) is 5.10 Å². The second kappa shape index (κ2) is 4.36. The molecule has 0 bridgehead atoms.